The number of hydrogen-bond acceptors (Lipinski definition) is 7. The van der Waals surface area contributed by atoms with Crippen molar-refractivity contribution in [1.82, 2.24) is 9.66 Å². The van der Waals surface area contributed by atoms with E-state index >= 15 is 0 Å². The van der Waals surface area contributed by atoms with Crippen molar-refractivity contribution in [2.24, 2.45) is 5.10 Å². The van der Waals surface area contributed by atoms with E-state index in [-0.39, 0.29) is 18.2 Å². The molecule has 11 heteroatoms. The minimum Gasteiger partial charge on any atom is -0.496 e. The van der Waals surface area contributed by atoms with Crippen molar-refractivity contribution in [1.29, 1.82) is 0 Å². The molecule has 0 saturated heterocycles. The zero-order valence-corrected chi connectivity index (χ0v) is 25.9. The van der Waals surface area contributed by atoms with Crippen molar-refractivity contribution in [3.63, 3.8) is 0 Å². The number of hydrogen-bond donors (Lipinski definition) is 0. The number of nitrogens with zero attached hydrogens (tertiary/aromatic N) is 4. The van der Waals surface area contributed by atoms with Crippen LogP contribution in [-0.4, -0.2) is 27.9 Å². The third-order valence-electron chi connectivity index (χ3n) is 7.09. The van der Waals surface area contributed by atoms with Gasteiger partial charge in [-0.1, -0.05) is 55.2 Å². The van der Waals surface area contributed by atoms with Gasteiger partial charge in [0.15, 0.2) is 5.82 Å². The second-order valence-corrected chi connectivity index (χ2v) is 11.2. The first kappa shape index (κ1) is 30.7. The van der Waals surface area contributed by atoms with Crippen LogP contribution >= 0.6 is 23.2 Å². The molecule has 0 bridgehead atoms. The molecular weight excluding hydrogens is 603 g/mol. The van der Waals surface area contributed by atoms with E-state index in [9.17, 15) is 14.9 Å². The monoisotopic (exact) mass is 630 g/mol. The van der Waals surface area contributed by atoms with Crippen molar-refractivity contribution >= 4 is 46.0 Å². The van der Waals surface area contributed by atoms with E-state index in [2.05, 4.69) is 18.9 Å². The molecule has 0 N–H and O–H groups in total. The van der Waals surface area contributed by atoms with Crippen LogP contribution in [0.3, 0.4) is 0 Å². The van der Waals surface area contributed by atoms with E-state index in [4.69, 9.17) is 37.7 Å². The second-order valence-electron chi connectivity index (χ2n) is 10.4. The second kappa shape index (κ2) is 12.9. The molecule has 9 nitrogen and oxygen atoms in total. The SMILES string of the molecule is COc1cc(C)c(-c2nc3ccccc3c(=O)n2N=Cc2cc([N+](=O)[O-])ccc2OCc2ccc(Cl)c(Cl)c2)cc1C(C)C. The number of nitro groups is 1. The highest BCUT2D eigenvalue weighted by Crippen LogP contribution is 2.34. The van der Waals surface area contributed by atoms with Gasteiger partial charge in [-0.15, -0.1) is 0 Å². The van der Waals surface area contributed by atoms with Crippen LogP contribution in [0.25, 0.3) is 22.3 Å². The van der Waals surface area contributed by atoms with Crippen molar-refractivity contribution in [3.8, 4) is 22.9 Å². The summed E-state index contributed by atoms with van der Waals surface area (Å²) in [4.78, 5) is 29.8. The Morgan fingerprint density at radius 2 is 1.80 bits per heavy atom. The van der Waals surface area contributed by atoms with Gasteiger partial charge in [-0.05, 0) is 72.0 Å². The van der Waals surface area contributed by atoms with E-state index in [1.165, 1.54) is 29.1 Å². The number of aromatic nitrogens is 2. The van der Waals surface area contributed by atoms with Crippen molar-refractivity contribution in [2.75, 3.05) is 7.11 Å². The molecule has 0 atom stereocenters. The fourth-order valence-electron chi connectivity index (χ4n) is 4.76. The molecule has 0 fully saturated rings. The predicted octanol–water partition coefficient (Wildman–Crippen LogP) is 8.18. The first-order valence-electron chi connectivity index (χ1n) is 13.7. The van der Waals surface area contributed by atoms with Gasteiger partial charge in [0, 0.05) is 23.3 Å². The number of methoxy groups -OCH3 is 1. The van der Waals surface area contributed by atoms with E-state index in [0.717, 1.165) is 22.4 Å². The van der Waals surface area contributed by atoms with Gasteiger partial charge >= 0.3 is 0 Å². The summed E-state index contributed by atoms with van der Waals surface area (Å²) < 4.78 is 12.8. The van der Waals surface area contributed by atoms with Crippen molar-refractivity contribution in [2.45, 2.75) is 33.3 Å². The van der Waals surface area contributed by atoms with Gasteiger partial charge in [0.05, 0.1) is 39.2 Å². The lowest BCUT2D eigenvalue weighted by Crippen LogP contribution is -2.21. The predicted molar refractivity (Wildman–Crippen MR) is 174 cm³/mol. The number of ether oxygens (including phenoxy) is 2. The van der Waals surface area contributed by atoms with Gasteiger partial charge in [-0.2, -0.15) is 9.78 Å². The lowest BCUT2D eigenvalue weighted by atomic mass is 9.96. The van der Waals surface area contributed by atoms with Crippen LogP contribution in [0.15, 0.2) is 82.7 Å². The zero-order chi connectivity index (χ0) is 31.5. The summed E-state index contributed by atoms with van der Waals surface area (Å²) >= 11 is 12.2. The fourth-order valence-corrected chi connectivity index (χ4v) is 5.09. The van der Waals surface area contributed by atoms with Gasteiger partial charge in [-0.3, -0.25) is 14.9 Å². The zero-order valence-electron chi connectivity index (χ0n) is 24.4. The normalized spacial score (nSPS) is 11.4. The number of para-hydroxylation sites is 1. The topological polar surface area (TPSA) is 109 Å². The molecule has 1 heterocycles. The van der Waals surface area contributed by atoms with Gasteiger partial charge in [-0.25, -0.2) is 4.98 Å². The Kier molecular flexibility index (Phi) is 8.98. The Morgan fingerprint density at radius 3 is 2.50 bits per heavy atom. The highest BCUT2D eigenvalue weighted by Gasteiger charge is 2.19. The third-order valence-corrected chi connectivity index (χ3v) is 7.83. The Hall–Kier alpha value is -4.73. The van der Waals surface area contributed by atoms with Crippen LogP contribution in [0, 0.1) is 17.0 Å². The molecule has 44 heavy (non-hydrogen) atoms. The first-order chi connectivity index (χ1) is 21.1. The molecule has 224 valence electrons. The quantitative estimate of drug-likeness (QED) is 0.0922. The molecule has 0 amide bonds. The van der Waals surface area contributed by atoms with Crippen molar-refractivity contribution < 1.29 is 14.4 Å². The molecule has 1 aromatic heterocycles. The Morgan fingerprint density at radius 1 is 1.02 bits per heavy atom. The van der Waals surface area contributed by atoms with Crippen LogP contribution in [0.1, 0.15) is 42.0 Å². The number of rotatable bonds is 9. The van der Waals surface area contributed by atoms with Crippen LogP contribution in [0.5, 0.6) is 11.5 Å². The van der Waals surface area contributed by atoms with Crippen LogP contribution in [0.2, 0.25) is 10.0 Å². The molecule has 0 unspecified atom stereocenters. The number of halogens is 2. The van der Waals surface area contributed by atoms with Crippen molar-refractivity contribution in [3.05, 3.63) is 126 Å². The maximum absolute atomic E-state index is 13.8. The molecule has 5 aromatic rings. The van der Waals surface area contributed by atoms with Crippen LogP contribution in [0.4, 0.5) is 5.69 Å². The molecule has 0 aliphatic rings. The summed E-state index contributed by atoms with van der Waals surface area (Å²) in [6.07, 6.45) is 1.36. The number of nitro benzene ring substituents is 1. The number of aryl methyl sites for hydroxylation is 1. The smallest absolute Gasteiger partial charge is 0.282 e. The molecule has 5 rings (SSSR count). The van der Waals surface area contributed by atoms with E-state index in [1.807, 2.05) is 25.1 Å². The largest absolute Gasteiger partial charge is 0.496 e. The fraction of sp³-hybridized carbons (Fsp3) is 0.182. The van der Waals surface area contributed by atoms with E-state index in [0.29, 0.717) is 43.6 Å². The average Bonchev–Trinajstić information content (AvgIpc) is 3.01. The average molecular weight is 632 g/mol. The maximum Gasteiger partial charge on any atom is 0.282 e. The minimum absolute atomic E-state index is 0.112. The molecule has 0 saturated carbocycles. The lowest BCUT2D eigenvalue weighted by molar-refractivity contribution is -0.384. The van der Waals surface area contributed by atoms with Gasteiger partial charge < -0.3 is 9.47 Å². The Balaban J connectivity index is 1.65. The molecule has 0 aliphatic carbocycles. The molecule has 0 radical (unpaired) electrons. The Bertz CT molecular complexity index is 1990. The number of benzene rings is 4. The summed E-state index contributed by atoms with van der Waals surface area (Å²) in [6, 6.07) is 20.2. The number of non-ortho nitro benzene ring substituents is 1. The summed E-state index contributed by atoms with van der Waals surface area (Å²) in [5, 5.41) is 17.3. The van der Waals surface area contributed by atoms with Crippen LogP contribution < -0.4 is 15.0 Å². The number of fused-ring (bicyclic) bond motifs is 1. The molecule has 0 aliphatic heterocycles. The Labute approximate surface area is 263 Å². The highest BCUT2D eigenvalue weighted by atomic mass is 35.5. The summed E-state index contributed by atoms with van der Waals surface area (Å²) in [6.45, 7) is 6.13. The van der Waals surface area contributed by atoms with E-state index in [1.54, 1.807) is 43.5 Å². The minimum atomic E-state index is -0.510. The summed E-state index contributed by atoms with van der Waals surface area (Å²) in [5.74, 6) is 1.50. The molecular formula is C33H28Cl2N4O5. The van der Waals surface area contributed by atoms with Gasteiger partial charge in [0.2, 0.25) is 0 Å². The maximum atomic E-state index is 13.8. The van der Waals surface area contributed by atoms with Crippen LogP contribution in [-0.2, 0) is 6.61 Å². The molecule has 4 aromatic carbocycles. The van der Waals surface area contributed by atoms with Gasteiger partial charge in [0.1, 0.15) is 18.1 Å². The molecule has 0 spiro atoms. The summed E-state index contributed by atoms with van der Waals surface area (Å²) in [7, 11) is 1.62. The van der Waals surface area contributed by atoms with E-state index < -0.39 is 10.5 Å². The lowest BCUT2D eigenvalue weighted by Gasteiger charge is -2.17. The summed E-state index contributed by atoms with van der Waals surface area (Å²) in [5.41, 5.74) is 3.47. The standard InChI is InChI=1S/C33H28Cl2N4O5/c1-19(2)25-16-26(20(3)13-31(25)43-4)32-37-29-8-6-5-7-24(29)33(40)38(32)36-17-22-15-23(39(41)42)10-12-30(22)44-18-21-9-11-27(34)28(35)14-21/h5-17,19H,18H2,1-4H3. The highest BCUT2D eigenvalue weighted by molar-refractivity contribution is 6.42. The third kappa shape index (κ3) is 6.29. The van der Waals surface area contributed by atoms with Gasteiger partial charge in [0.25, 0.3) is 11.2 Å². The first-order valence-corrected chi connectivity index (χ1v) is 14.4.